The van der Waals surface area contributed by atoms with Gasteiger partial charge in [0.05, 0.1) is 6.54 Å². The van der Waals surface area contributed by atoms with Gasteiger partial charge in [-0.3, -0.25) is 9.59 Å². The third-order valence-corrected chi connectivity index (χ3v) is 4.05. The molecule has 0 bridgehead atoms. The molecule has 3 N–H and O–H groups in total. The summed E-state index contributed by atoms with van der Waals surface area (Å²) in [5.41, 5.74) is 0. The van der Waals surface area contributed by atoms with E-state index in [1.807, 2.05) is 13.8 Å². The Morgan fingerprint density at radius 2 is 1.76 bits per heavy atom. The smallest absolute Gasteiger partial charge is 0.234 e. The topological polar surface area (TPSA) is 70.2 Å². The molecule has 1 atom stereocenters. The maximum Gasteiger partial charge on any atom is 0.234 e. The van der Waals surface area contributed by atoms with Crippen LogP contribution in [-0.4, -0.2) is 37.0 Å². The normalized spacial score (nSPS) is 17.8. The van der Waals surface area contributed by atoms with Crippen molar-refractivity contribution in [2.75, 3.05) is 13.1 Å². The van der Waals surface area contributed by atoms with E-state index in [4.69, 9.17) is 0 Å². The minimum Gasteiger partial charge on any atom is -0.354 e. The fourth-order valence-corrected chi connectivity index (χ4v) is 2.56. The third kappa shape index (κ3) is 8.71. The van der Waals surface area contributed by atoms with Gasteiger partial charge in [-0.05, 0) is 26.2 Å². The van der Waals surface area contributed by atoms with Crippen LogP contribution in [0.15, 0.2) is 0 Å². The number of rotatable bonds is 8. The first kappa shape index (κ1) is 18.0. The number of amides is 2. The molecular formula is C16H31N3O2. The van der Waals surface area contributed by atoms with Crippen LogP contribution in [0.2, 0.25) is 0 Å². The van der Waals surface area contributed by atoms with Gasteiger partial charge in [0.1, 0.15) is 0 Å². The molecule has 0 aromatic rings. The lowest BCUT2D eigenvalue weighted by atomic mass is 10.1. The molecule has 0 aromatic heterocycles. The van der Waals surface area contributed by atoms with Gasteiger partial charge in [-0.1, -0.05) is 32.6 Å². The Bertz CT molecular complexity index is 313. The zero-order valence-corrected chi connectivity index (χ0v) is 13.5. The van der Waals surface area contributed by atoms with Crippen LogP contribution in [0.4, 0.5) is 0 Å². The van der Waals surface area contributed by atoms with Gasteiger partial charge in [0, 0.05) is 25.0 Å². The van der Waals surface area contributed by atoms with Crippen molar-refractivity contribution in [2.45, 2.75) is 77.3 Å². The zero-order valence-electron chi connectivity index (χ0n) is 13.5. The molecule has 1 rings (SSSR count). The molecule has 2 amide bonds. The standard InChI is InChI=1S/C16H31N3O2/c1-3-13(2)18-15(20)10-11-17-12-16(21)19-14-8-6-4-5-7-9-14/h13-14,17H,3-12H2,1-2H3,(H,18,20)(H,19,21). The van der Waals surface area contributed by atoms with Gasteiger partial charge in [0.15, 0.2) is 0 Å². The van der Waals surface area contributed by atoms with Gasteiger partial charge in [0.2, 0.25) is 11.8 Å². The second kappa shape index (κ2) is 10.6. The molecule has 0 aliphatic heterocycles. The maximum atomic E-state index is 11.8. The van der Waals surface area contributed by atoms with Crippen LogP contribution in [0.3, 0.4) is 0 Å². The van der Waals surface area contributed by atoms with Crippen molar-refractivity contribution in [2.24, 2.45) is 0 Å². The minimum absolute atomic E-state index is 0.0426. The van der Waals surface area contributed by atoms with Gasteiger partial charge >= 0.3 is 0 Å². The molecule has 5 heteroatoms. The number of hydrogen-bond donors (Lipinski definition) is 3. The zero-order chi connectivity index (χ0) is 15.5. The van der Waals surface area contributed by atoms with Crippen LogP contribution in [-0.2, 0) is 9.59 Å². The Morgan fingerprint density at radius 1 is 1.10 bits per heavy atom. The van der Waals surface area contributed by atoms with Crippen LogP contribution in [0.1, 0.15) is 65.2 Å². The summed E-state index contributed by atoms with van der Waals surface area (Å²) >= 11 is 0. The Balaban J connectivity index is 2.06. The van der Waals surface area contributed by atoms with Crippen molar-refractivity contribution < 1.29 is 9.59 Å². The number of hydrogen-bond acceptors (Lipinski definition) is 3. The second-order valence-corrected chi connectivity index (χ2v) is 6.06. The number of carbonyl (C=O) groups is 2. The first-order valence-corrected chi connectivity index (χ1v) is 8.41. The van der Waals surface area contributed by atoms with Gasteiger partial charge in [-0.2, -0.15) is 0 Å². The van der Waals surface area contributed by atoms with Crippen molar-refractivity contribution in [3.63, 3.8) is 0 Å². The molecule has 0 heterocycles. The van der Waals surface area contributed by atoms with E-state index in [0.717, 1.165) is 19.3 Å². The second-order valence-electron chi connectivity index (χ2n) is 6.06. The largest absolute Gasteiger partial charge is 0.354 e. The average molecular weight is 297 g/mol. The highest BCUT2D eigenvalue weighted by Gasteiger charge is 2.14. The molecular weight excluding hydrogens is 266 g/mol. The van der Waals surface area contributed by atoms with Crippen molar-refractivity contribution in [1.29, 1.82) is 0 Å². The Morgan fingerprint density at radius 3 is 2.38 bits per heavy atom. The summed E-state index contributed by atoms with van der Waals surface area (Å²) in [7, 11) is 0. The first-order valence-electron chi connectivity index (χ1n) is 8.41. The lowest BCUT2D eigenvalue weighted by Gasteiger charge is -2.16. The Labute approximate surface area is 128 Å². The van der Waals surface area contributed by atoms with Crippen LogP contribution in [0.5, 0.6) is 0 Å². The maximum absolute atomic E-state index is 11.8. The molecule has 1 unspecified atom stereocenters. The summed E-state index contributed by atoms with van der Waals surface area (Å²) in [6, 6.07) is 0.562. The predicted octanol–water partition coefficient (Wildman–Crippen LogP) is 1.72. The summed E-state index contributed by atoms with van der Waals surface area (Å²) in [4.78, 5) is 23.4. The molecule has 1 saturated carbocycles. The highest BCUT2D eigenvalue weighted by molar-refractivity contribution is 5.78. The van der Waals surface area contributed by atoms with E-state index < -0.39 is 0 Å². The lowest BCUT2D eigenvalue weighted by molar-refractivity contribution is -0.123. The van der Waals surface area contributed by atoms with Gasteiger partial charge < -0.3 is 16.0 Å². The molecule has 0 spiro atoms. The predicted molar refractivity (Wildman–Crippen MR) is 85.0 cm³/mol. The molecule has 0 saturated heterocycles. The van der Waals surface area contributed by atoms with Crippen LogP contribution in [0, 0.1) is 0 Å². The summed E-state index contributed by atoms with van der Waals surface area (Å²) in [6.45, 7) is 4.88. The minimum atomic E-state index is 0.0426. The third-order valence-electron chi connectivity index (χ3n) is 4.05. The average Bonchev–Trinajstić information content (AvgIpc) is 2.72. The Hall–Kier alpha value is -1.10. The summed E-state index contributed by atoms with van der Waals surface area (Å²) < 4.78 is 0. The van der Waals surface area contributed by atoms with E-state index in [0.29, 0.717) is 25.6 Å². The highest BCUT2D eigenvalue weighted by Crippen LogP contribution is 2.16. The summed E-state index contributed by atoms with van der Waals surface area (Å²) in [6.07, 6.45) is 8.56. The van der Waals surface area contributed by atoms with Crippen LogP contribution in [0.25, 0.3) is 0 Å². The van der Waals surface area contributed by atoms with E-state index in [-0.39, 0.29) is 17.9 Å². The molecule has 5 nitrogen and oxygen atoms in total. The van der Waals surface area contributed by atoms with E-state index in [9.17, 15) is 9.59 Å². The fourth-order valence-electron chi connectivity index (χ4n) is 2.56. The van der Waals surface area contributed by atoms with Crippen molar-refractivity contribution in [1.82, 2.24) is 16.0 Å². The van der Waals surface area contributed by atoms with Crippen LogP contribution >= 0.6 is 0 Å². The fraction of sp³-hybridized carbons (Fsp3) is 0.875. The van der Waals surface area contributed by atoms with Crippen LogP contribution < -0.4 is 16.0 Å². The quantitative estimate of drug-likeness (QED) is 0.472. The van der Waals surface area contributed by atoms with Crippen molar-refractivity contribution in [3.05, 3.63) is 0 Å². The van der Waals surface area contributed by atoms with E-state index in [2.05, 4.69) is 16.0 Å². The number of nitrogens with one attached hydrogen (secondary N) is 3. The lowest BCUT2D eigenvalue weighted by Crippen LogP contribution is -2.41. The molecule has 0 radical (unpaired) electrons. The molecule has 122 valence electrons. The van der Waals surface area contributed by atoms with E-state index >= 15 is 0 Å². The molecule has 1 aliphatic carbocycles. The SMILES string of the molecule is CCC(C)NC(=O)CCNCC(=O)NC1CCCCCC1. The molecule has 1 fully saturated rings. The first-order chi connectivity index (χ1) is 10.1. The monoisotopic (exact) mass is 297 g/mol. The van der Waals surface area contributed by atoms with E-state index in [1.54, 1.807) is 0 Å². The van der Waals surface area contributed by atoms with Gasteiger partial charge in [-0.15, -0.1) is 0 Å². The Kier molecular flexibility index (Phi) is 9.06. The summed E-state index contributed by atoms with van der Waals surface area (Å²) in [5, 5.41) is 9.04. The number of carbonyl (C=O) groups excluding carboxylic acids is 2. The van der Waals surface area contributed by atoms with Gasteiger partial charge in [-0.25, -0.2) is 0 Å². The van der Waals surface area contributed by atoms with E-state index in [1.165, 1.54) is 25.7 Å². The molecule has 0 aromatic carbocycles. The van der Waals surface area contributed by atoms with Crippen molar-refractivity contribution in [3.8, 4) is 0 Å². The van der Waals surface area contributed by atoms with Gasteiger partial charge in [0.25, 0.3) is 0 Å². The van der Waals surface area contributed by atoms with Crippen molar-refractivity contribution >= 4 is 11.8 Å². The summed E-state index contributed by atoms with van der Waals surface area (Å²) in [5.74, 6) is 0.0882. The highest BCUT2D eigenvalue weighted by atomic mass is 16.2. The molecule has 21 heavy (non-hydrogen) atoms. The molecule has 1 aliphatic rings.